The Hall–Kier alpha value is -2.28. The minimum atomic E-state index is -0.0496. The van der Waals surface area contributed by atoms with Crippen molar-refractivity contribution in [1.82, 2.24) is 15.2 Å². The van der Waals surface area contributed by atoms with Crippen molar-refractivity contribution >= 4 is 29.1 Å². The first kappa shape index (κ1) is 20.0. The summed E-state index contributed by atoms with van der Waals surface area (Å²) in [6, 6.07) is 6.97. The Morgan fingerprint density at radius 2 is 1.90 bits per heavy atom. The zero-order chi connectivity index (χ0) is 20.8. The highest BCUT2D eigenvalue weighted by Crippen LogP contribution is 2.66. The first-order chi connectivity index (χ1) is 13.8. The van der Waals surface area contributed by atoms with E-state index in [0.717, 1.165) is 24.2 Å². The van der Waals surface area contributed by atoms with Gasteiger partial charge in [0.15, 0.2) is 5.78 Å². The zero-order valence-electron chi connectivity index (χ0n) is 17.3. The summed E-state index contributed by atoms with van der Waals surface area (Å²) >= 11 is 1.33. The number of ketones is 1. The van der Waals surface area contributed by atoms with Crippen molar-refractivity contribution in [2.45, 2.75) is 63.4 Å². The van der Waals surface area contributed by atoms with Gasteiger partial charge in [-0.25, -0.2) is 4.98 Å². The summed E-state index contributed by atoms with van der Waals surface area (Å²) in [5.41, 5.74) is 3.58. The Labute approximate surface area is 175 Å². The van der Waals surface area contributed by atoms with Gasteiger partial charge in [0.1, 0.15) is 0 Å². The van der Waals surface area contributed by atoms with E-state index in [0.29, 0.717) is 28.7 Å². The van der Waals surface area contributed by atoms with Gasteiger partial charge in [-0.1, -0.05) is 39.5 Å². The molecule has 2 unspecified atom stereocenters. The molecule has 2 aliphatic carbocycles. The van der Waals surface area contributed by atoms with Crippen LogP contribution in [0.1, 0.15) is 74.6 Å². The summed E-state index contributed by atoms with van der Waals surface area (Å²) in [6.07, 6.45) is 2.69. The molecule has 1 aromatic heterocycles. The van der Waals surface area contributed by atoms with Crippen LogP contribution in [0.15, 0.2) is 29.4 Å². The Bertz CT molecular complexity index is 973. The maximum atomic E-state index is 12.6. The summed E-state index contributed by atoms with van der Waals surface area (Å²) in [7, 11) is 0. The van der Waals surface area contributed by atoms with E-state index in [1.165, 1.54) is 11.8 Å². The number of aromatic nitrogens is 3. The number of thioether (sulfide) groups is 1. The fourth-order valence-electron chi connectivity index (χ4n) is 4.63. The second kappa shape index (κ2) is 7.20. The number of anilines is 1. The second-order valence-corrected chi connectivity index (χ2v) is 9.61. The number of carbonyl (C=O) groups is 2. The third-order valence-electron chi connectivity index (χ3n) is 6.92. The lowest BCUT2D eigenvalue weighted by Gasteiger charge is -2.33. The quantitative estimate of drug-likeness (QED) is 0.562. The molecule has 152 valence electrons. The van der Waals surface area contributed by atoms with E-state index in [2.05, 4.69) is 36.3 Å². The smallest absolute Gasteiger partial charge is 0.224 e. The predicted molar refractivity (Wildman–Crippen MR) is 113 cm³/mol. The molecule has 1 saturated carbocycles. The third-order valence-corrected chi connectivity index (χ3v) is 7.75. The van der Waals surface area contributed by atoms with Gasteiger partial charge in [-0.3, -0.25) is 9.59 Å². The van der Waals surface area contributed by atoms with E-state index >= 15 is 0 Å². The normalized spacial score (nSPS) is 23.7. The van der Waals surface area contributed by atoms with Gasteiger partial charge in [0.2, 0.25) is 11.1 Å². The van der Waals surface area contributed by atoms with Crippen LogP contribution in [0.25, 0.3) is 0 Å². The molecular weight excluding hydrogens is 384 g/mol. The number of hydrogen-bond acceptors (Lipinski definition) is 6. The van der Waals surface area contributed by atoms with Crippen LogP contribution in [-0.4, -0.2) is 32.6 Å². The predicted octanol–water partition coefficient (Wildman–Crippen LogP) is 4.37. The Morgan fingerprint density at radius 3 is 2.59 bits per heavy atom. The van der Waals surface area contributed by atoms with Gasteiger partial charge in [0.05, 0.1) is 17.1 Å². The molecule has 1 heterocycles. The van der Waals surface area contributed by atoms with Gasteiger partial charge in [0, 0.05) is 29.0 Å². The number of rotatable bonds is 6. The van der Waals surface area contributed by atoms with E-state index in [1.807, 2.05) is 0 Å². The summed E-state index contributed by atoms with van der Waals surface area (Å²) < 4.78 is 0. The van der Waals surface area contributed by atoms with Crippen molar-refractivity contribution in [3.05, 3.63) is 41.2 Å². The minimum Gasteiger partial charge on any atom is -0.326 e. The Balaban J connectivity index is 1.43. The van der Waals surface area contributed by atoms with Crippen LogP contribution in [0.4, 0.5) is 5.69 Å². The summed E-state index contributed by atoms with van der Waals surface area (Å²) in [6.45, 7) is 8.69. The molecule has 2 bridgehead atoms. The molecule has 0 spiro atoms. The first-order valence-corrected chi connectivity index (χ1v) is 11.1. The monoisotopic (exact) mass is 410 g/mol. The molecule has 0 radical (unpaired) electrons. The average molecular weight is 411 g/mol. The molecule has 0 saturated heterocycles. The zero-order valence-corrected chi connectivity index (χ0v) is 18.1. The van der Waals surface area contributed by atoms with Crippen molar-refractivity contribution in [2.75, 3.05) is 11.1 Å². The maximum absolute atomic E-state index is 12.6. The highest BCUT2D eigenvalue weighted by atomic mass is 32.2. The number of fused-ring (bicyclic) bond motifs is 5. The number of hydrogen-bond donors (Lipinski definition) is 1. The largest absolute Gasteiger partial charge is 0.326 e. The van der Waals surface area contributed by atoms with Gasteiger partial charge in [-0.15, -0.1) is 5.10 Å². The summed E-state index contributed by atoms with van der Waals surface area (Å²) in [5.74, 6) is 0.631. The fourth-order valence-corrected chi connectivity index (χ4v) is 5.31. The highest BCUT2D eigenvalue weighted by Gasteiger charge is 2.61. The van der Waals surface area contributed by atoms with Crippen molar-refractivity contribution in [3.8, 4) is 0 Å². The molecule has 2 aliphatic rings. The van der Waals surface area contributed by atoms with E-state index in [4.69, 9.17) is 4.98 Å². The molecule has 7 heteroatoms. The molecule has 1 N–H and O–H groups in total. The molecule has 1 fully saturated rings. The Morgan fingerprint density at radius 1 is 1.17 bits per heavy atom. The van der Waals surface area contributed by atoms with E-state index in [1.54, 1.807) is 31.2 Å². The number of nitrogens with one attached hydrogen (secondary N) is 1. The van der Waals surface area contributed by atoms with Crippen molar-refractivity contribution in [3.63, 3.8) is 0 Å². The lowest BCUT2D eigenvalue weighted by Crippen LogP contribution is -2.32. The standard InChI is InChI=1S/C22H26N4O2S/c1-5-17(28)23-14-8-6-13(7-9-14)16(27)12-29-20-24-19-18(25-26-20)15-10-11-22(19,4)21(15,2)3/h6-9,15H,5,10-12H2,1-4H3,(H,23,28). The molecule has 6 nitrogen and oxygen atoms in total. The van der Waals surface area contributed by atoms with Gasteiger partial charge in [-0.05, 0) is 42.5 Å². The van der Waals surface area contributed by atoms with Crippen LogP contribution in [0.3, 0.4) is 0 Å². The van der Waals surface area contributed by atoms with Crippen LogP contribution in [0, 0.1) is 5.41 Å². The number of carbonyl (C=O) groups excluding carboxylic acids is 2. The van der Waals surface area contributed by atoms with Crippen LogP contribution in [-0.2, 0) is 10.2 Å². The molecule has 2 atom stereocenters. The van der Waals surface area contributed by atoms with Crippen LogP contribution in [0.2, 0.25) is 0 Å². The molecule has 1 aromatic carbocycles. The second-order valence-electron chi connectivity index (χ2n) is 8.66. The van der Waals surface area contributed by atoms with E-state index in [-0.39, 0.29) is 28.3 Å². The molecular formula is C22H26N4O2S. The van der Waals surface area contributed by atoms with Crippen LogP contribution >= 0.6 is 11.8 Å². The number of nitrogens with zero attached hydrogens (tertiary/aromatic N) is 3. The maximum Gasteiger partial charge on any atom is 0.224 e. The molecule has 4 rings (SSSR count). The lowest BCUT2D eigenvalue weighted by atomic mass is 9.70. The molecule has 1 amide bonds. The number of amides is 1. The average Bonchev–Trinajstić information content (AvgIpc) is 3.05. The van der Waals surface area contributed by atoms with Crippen molar-refractivity contribution in [1.29, 1.82) is 0 Å². The van der Waals surface area contributed by atoms with Crippen LogP contribution in [0.5, 0.6) is 0 Å². The van der Waals surface area contributed by atoms with E-state index in [9.17, 15) is 9.59 Å². The van der Waals surface area contributed by atoms with Gasteiger partial charge < -0.3 is 5.32 Å². The van der Waals surface area contributed by atoms with Crippen molar-refractivity contribution in [2.24, 2.45) is 5.41 Å². The topological polar surface area (TPSA) is 84.8 Å². The Kier molecular flexibility index (Phi) is 4.97. The summed E-state index contributed by atoms with van der Waals surface area (Å²) in [5, 5.41) is 12.1. The number of benzene rings is 1. The van der Waals surface area contributed by atoms with Gasteiger partial charge >= 0.3 is 0 Å². The van der Waals surface area contributed by atoms with Gasteiger partial charge in [-0.2, -0.15) is 5.10 Å². The molecule has 2 aromatic rings. The number of Topliss-reactive ketones (excluding diaryl/α,β-unsaturated/α-hetero) is 1. The molecule has 0 aliphatic heterocycles. The minimum absolute atomic E-state index is 0.000490. The highest BCUT2D eigenvalue weighted by molar-refractivity contribution is 7.99. The third kappa shape index (κ3) is 3.25. The van der Waals surface area contributed by atoms with Crippen LogP contribution < -0.4 is 5.32 Å². The van der Waals surface area contributed by atoms with Crippen molar-refractivity contribution < 1.29 is 9.59 Å². The summed E-state index contributed by atoms with van der Waals surface area (Å²) in [4.78, 5) is 28.8. The fraction of sp³-hybridized carbons (Fsp3) is 0.500. The lowest BCUT2D eigenvalue weighted by molar-refractivity contribution is -0.115. The molecule has 29 heavy (non-hydrogen) atoms. The van der Waals surface area contributed by atoms with E-state index < -0.39 is 0 Å². The first-order valence-electron chi connectivity index (χ1n) is 10.1. The van der Waals surface area contributed by atoms with Gasteiger partial charge in [0.25, 0.3) is 0 Å². The SMILES string of the molecule is CCC(=O)Nc1ccc(C(=O)CSc2nnc3c(n2)C2(C)CCC3C2(C)C)cc1.